The van der Waals surface area contributed by atoms with Crippen molar-refractivity contribution >= 4 is 39.2 Å². The fourth-order valence-electron chi connectivity index (χ4n) is 2.49. The van der Waals surface area contributed by atoms with Crippen LogP contribution in [0.5, 0.6) is 0 Å². The molecule has 0 unspecified atom stereocenters. The van der Waals surface area contributed by atoms with Crippen LogP contribution in [0.3, 0.4) is 0 Å². The van der Waals surface area contributed by atoms with E-state index in [0.29, 0.717) is 11.4 Å². The van der Waals surface area contributed by atoms with E-state index in [1.807, 2.05) is 36.4 Å². The molecule has 23 heavy (non-hydrogen) atoms. The number of fused-ring (bicyclic) bond motifs is 2. The molecule has 0 spiro atoms. The van der Waals surface area contributed by atoms with Crippen LogP contribution in [0.15, 0.2) is 61.2 Å². The molecule has 3 N–H and O–H groups in total. The molecule has 6 heteroatoms. The van der Waals surface area contributed by atoms with Gasteiger partial charge in [-0.3, -0.25) is 9.97 Å². The maximum absolute atomic E-state index is 12.2. The fourth-order valence-corrected chi connectivity index (χ4v) is 2.49. The minimum absolute atomic E-state index is 0.315. The molecular weight excluding hydrogens is 290 g/mol. The quantitative estimate of drug-likeness (QED) is 0.527. The molecule has 0 aliphatic carbocycles. The monoisotopic (exact) mass is 303 g/mol. The van der Waals surface area contributed by atoms with Crippen LogP contribution in [-0.2, 0) is 0 Å². The number of amides is 2. The predicted molar refractivity (Wildman–Crippen MR) is 90.5 cm³/mol. The van der Waals surface area contributed by atoms with Gasteiger partial charge in [0.25, 0.3) is 0 Å². The molecule has 4 rings (SSSR count). The second kappa shape index (κ2) is 5.42. The molecule has 0 fully saturated rings. The third-order valence-electron chi connectivity index (χ3n) is 3.60. The van der Waals surface area contributed by atoms with E-state index in [1.165, 1.54) is 0 Å². The first-order valence-corrected chi connectivity index (χ1v) is 7.13. The van der Waals surface area contributed by atoms with Crippen molar-refractivity contribution in [3.8, 4) is 0 Å². The second-order valence-corrected chi connectivity index (χ2v) is 5.11. The van der Waals surface area contributed by atoms with Gasteiger partial charge in [0.05, 0.1) is 16.7 Å². The van der Waals surface area contributed by atoms with Gasteiger partial charge in [-0.05, 0) is 24.3 Å². The highest BCUT2D eigenvalue weighted by Crippen LogP contribution is 2.22. The third kappa shape index (κ3) is 2.57. The largest absolute Gasteiger partial charge is 0.359 e. The van der Waals surface area contributed by atoms with Gasteiger partial charge in [0.1, 0.15) is 0 Å². The summed E-state index contributed by atoms with van der Waals surface area (Å²) in [5.74, 6) is 0. The number of carbonyl (C=O) groups excluding carboxylic acids is 1. The Bertz CT molecular complexity index is 1010. The smallest absolute Gasteiger partial charge is 0.323 e. The molecule has 0 saturated heterocycles. The average Bonchev–Trinajstić information content (AvgIpc) is 2.98. The zero-order chi connectivity index (χ0) is 15.6. The number of aromatic amines is 1. The summed E-state index contributed by atoms with van der Waals surface area (Å²) in [7, 11) is 0. The number of aromatic nitrogens is 3. The summed E-state index contributed by atoms with van der Waals surface area (Å²) in [5.41, 5.74) is 3.13. The van der Waals surface area contributed by atoms with Crippen LogP contribution in [0.2, 0.25) is 0 Å². The highest BCUT2D eigenvalue weighted by Gasteiger charge is 2.08. The van der Waals surface area contributed by atoms with Gasteiger partial charge >= 0.3 is 6.03 Å². The lowest BCUT2D eigenvalue weighted by Gasteiger charge is -2.07. The molecule has 3 aromatic heterocycles. The first-order chi connectivity index (χ1) is 11.3. The molecule has 2 amide bonds. The Morgan fingerprint density at radius 2 is 2.04 bits per heavy atom. The molecule has 112 valence electrons. The highest BCUT2D eigenvalue weighted by molar-refractivity contribution is 6.06. The zero-order valence-corrected chi connectivity index (χ0v) is 12.1. The van der Waals surface area contributed by atoms with Crippen LogP contribution >= 0.6 is 0 Å². The summed E-state index contributed by atoms with van der Waals surface area (Å²) in [6, 6.07) is 11.0. The molecule has 0 radical (unpaired) electrons. The molecule has 3 heterocycles. The van der Waals surface area contributed by atoms with E-state index in [-0.39, 0.29) is 6.03 Å². The van der Waals surface area contributed by atoms with Gasteiger partial charge in [0, 0.05) is 41.2 Å². The van der Waals surface area contributed by atoms with Crippen LogP contribution in [0.25, 0.3) is 21.8 Å². The van der Waals surface area contributed by atoms with Gasteiger partial charge in [0.2, 0.25) is 0 Å². The number of urea groups is 1. The van der Waals surface area contributed by atoms with Crippen LogP contribution in [-0.4, -0.2) is 21.0 Å². The molecule has 0 atom stereocenters. The van der Waals surface area contributed by atoms with E-state index in [9.17, 15) is 4.79 Å². The Morgan fingerprint density at radius 3 is 3.00 bits per heavy atom. The molecule has 0 aliphatic heterocycles. The van der Waals surface area contributed by atoms with E-state index < -0.39 is 0 Å². The van der Waals surface area contributed by atoms with Gasteiger partial charge in [-0.1, -0.05) is 12.1 Å². The number of rotatable bonds is 2. The maximum atomic E-state index is 12.2. The number of hydrogen-bond donors (Lipinski definition) is 3. The Hall–Kier alpha value is -3.41. The van der Waals surface area contributed by atoms with Crippen molar-refractivity contribution in [2.75, 3.05) is 10.6 Å². The highest BCUT2D eigenvalue weighted by atomic mass is 16.2. The van der Waals surface area contributed by atoms with Gasteiger partial charge < -0.3 is 15.6 Å². The minimum atomic E-state index is -0.315. The number of nitrogens with one attached hydrogen (secondary N) is 3. The lowest BCUT2D eigenvalue weighted by atomic mass is 10.2. The number of pyridine rings is 2. The van der Waals surface area contributed by atoms with Crippen molar-refractivity contribution in [3.05, 3.63) is 61.2 Å². The van der Waals surface area contributed by atoms with Crippen molar-refractivity contribution < 1.29 is 4.79 Å². The van der Waals surface area contributed by atoms with Crippen LogP contribution in [0, 0.1) is 0 Å². The Kier molecular flexibility index (Phi) is 3.12. The molecule has 0 bridgehead atoms. The van der Waals surface area contributed by atoms with E-state index in [2.05, 4.69) is 25.6 Å². The minimum Gasteiger partial charge on any atom is -0.359 e. The number of H-pyrrole nitrogens is 1. The van der Waals surface area contributed by atoms with Gasteiger partial charge in [-0.2, -0.15) is 0 Å². The molecule has 1 aromatic carbocycles. The van der Waals surface area contributed by atoms with Crippen molar-refractivity contribution in [3.63, 3.8) is 0 Å². The molecule has 4 aromatic rings. The van der Waals surface area contributed by atoms with E-state index in [0.717, 1.165) is 21.8 Å². The van der Waals surface area contributed by atoms with Crippen LogP contribution < -0.4 is 10.6 Å². The van der Waals surface area contributed by atoms with Crippen molar-refractivity contribution in [1.82, 2.24) is 15.0 Å². The molecule has 0 saturated carbocycles. The summed E-state index contributed by atoms with van der Waals surface area (Å²) in [5, 5.41) is 7.53. The van der Waals surface area contributed by atoms with Crippen LogP contribution in [0.4, 0.5) is 16.2 Å². The summed E-state index contributed by atoms with van der Waals surface area (Å²) in [6.07, 6.45) is 6.88. The Balaban J connectivity index is 1.55. The van der Waals surface area contributed by atoms with Gasteiger partial charge in [-0.25, -0.2) is 4.79 Å². The normalized spacial score (nSPS) is 10.8. The lowest BCUT2D eigenvalue weighted by molar-refractivity contribution is 0.262. The third-order valence-corrected chi connectivity index (χ3v) is 3.60. The first kappa shape index (κ1) is 13.3. The van der Waals surface area contributed by atoms with Crippen LogP contribution in [0.1, 0.15) is 0 Å². The molecular formula is C17H13N5O. The SMILES string of the molecule is O=C(Nc1ccc2cccnc2c1)Nc1c[nH]c2ccncc12. The van der Waals surface area contributed by atoms with E-state index in [4.69, 9.17) is 0 Å². The summed E-state index contributed by atoms with van der Waals surface area (Å²) >= 11 is 0. The van der Waals surface area contributed by atoms with Gasteiger partial charge in [0.15, 0.2) is 0 Å². The first-order valence-electron chi connectivity index (χ1n) is 7.13. The zero-order valence-electron chi connectivity index (χ0n) is 12.1. The van der Waals surface area contributed by atoms with Gasteiger partial charge in [-0.15, -0.1) is 0 Å². The Labute approximate surface area is 131 Å². The van der Waals surface area contributed by atoms with Crippen molar-refractivity contribution in [2.24, 2.45) is 0 Å². The Morgan fingerprint density at radius 1 is 1.09 bits per heavy atom. The summed E-state index contributed by atoms with van der Waals surface area (Å²) in [4.78, 5) is 23.6. The van der Waals surface area contributed by atoms with Crippen molar-refractivity contribution in [1.29, 1.82) is 0 Å². The number of hydrogen-bond acceptors (Lipinski definition) is 3. The predicted octanol–water partition coefficient (Wildman–Crippen LogP) is 3.76. The second-order valence-electron chi connectivity index (χ2n) is 5.11. The number of carbonyl (C=O) groups is 1. The topological polar surface area (TPSA) is 82.7 Å². The summed E-state index contributed by atoms with van der Waals surface area (Å²) < 4.78 is 0. The standard InChI is InChI=1S/C17H13N5O/c23-17(22-16-10-20-14-5-7-18-9-13(14)16)21-12-4-3-11-2-1-6-19-15(11)8-12/h1-10,20H,(H2,21,22,23). The number of benzene rings is 1. The summed E-state index contributed by atoms with van der Waals surface area (Å²) in [6.45, 7) is 0. The average molecular weight is 303 g/mol. The number of anilines is 2. The lowest BCUT2D eigenvalue weighted by Crippen LogP contribution is -2.19. The fraction of sp³-hybridized carbons (Fsp3) is 0. The molecule has 0 aliphatic rings. The van der Waals surface area contributed by atoms with E-state index in [1.54, 1.807) is 24.8 Å². The van der Waals surface area contributed by atoms with E-state index >= 15 is 0 Å². The number of nitrogens with zero attached hydrogens (tertiary/aromatic N) is 2. The maximum Gasteiger partial charge on any atom is 0.323 e. The molecule has 6 nitrogen and oxygen atoms in total. The van der Waals surface area contributed by atoms with Crippen molar-refractivity contribution in [2.45, 2.75) is 0 Å².